The van der Waals surface area contributed by atoms with E-state index in [4.69, 9.17) is 21.3 Å². The van der Waals surface area contributed by atoms with Gasteiger partial charge >= 0.3 is 0 Å². The topological polar surface area (TPSA) is 60.2 Å². The van der Waals surface area contributed by atoms with Crippen LogP contribution in [0.3, 0.4) is 0 Å². The third-order valence-electron chi connectivity index (χ3n) is 4.52. The Balaban J connectivity index is 0.00000256. The first kappa shape index (κ1) is 22.1. The second kappa shape index (κ2) is 9.93. The molecular formula is C21H20Cl2N4O2S. The largest absolute Gasteiger partial charge is 0.494 e. The number of amides is 1. The molecule has 0 bridgehead atoms. The minimum atomic E-state index is -0.0922. The SMILES string of the molecule is COc1ccc(Cl)c2sc(N(CCCn3ccnc3)C(=O)c3ccccc3)nc12.Cl. The summed E-state index contributed by atoms with van der Waals surface area (Å²) in [5.74, 6) is 0.544. The average Bonchev–Trinajstić information content (AvgIpc) is 3.42. The van der Waals surface area contributed by atoms with Crippen LogP contribution in [0.4, 0.5) is 5.13 Å². The lowest BCUT2D eigenvalue weighted by molar-refractivity contribution is 0.0986. The highest BCUT2D eigenvalue weighted by Crippen LogP contribution is 2.39. The number of carbonyl (C=O) groups excluding carboxylic acids is 1. The maximum atomic E-state index is 13.3. The molecule has 1 amide bonds. The van der Waals surface area contributed by atoms with Crippen molar-refractivity contribution in [2.24, 2.45) is 0 Å². The number of benzene rings is 2. The van der Waals surface area contributed by atoms with Crippen LogP contribution in [0.2, 0.25) is 5.02 Å². The molecule has 0 aliphatic heterocycles. The lowest BCUT2D eigenvalue weighted by Gasteiger charge is -2.20. The van der Waals surface area contributed by atoms with Gasteiger partial charge in [-0.05, 0) is 30.7 Å². The number of nitrogens with zero attached hydrogens (tertiary/aromatic N) is 4. The second-order valence-corrected chi connectivity index (χ2v) is 7.79. The Labute approximate surface area is 189 Å². The summed E-state index contributed by atoms with van der Waals surface area (Å²) < 4.78 is 8.22. The van der Waals surface area contributed by atoms with E-state index in [-0.39, 0.29) is 18.3 Å². The average molecular weight is 463 g/mol. The zero-order chi connectivity index (χ0) is 20.2. The van der Waals surface area contributed by atoms with Crippen molar-refractivity contribution in [1.29, 1.82) is 0 Å². The molecule has 2 aromatic heterocycles. The van der Waals surface area contributed by atoms with Gasteiger partial charge < -0.3 is 9.30 Å². The third kappa shape index (κ3) is 4.59. The summed E-state index contributed by atoms with van der Waals surface area (Å²) in [6, 6.07) is 12.8. The molecule has 0 fully saturated rings. The van der Waals surface area contributed by atoms with Crippen molar-refractivity contribution >= 4 is 56.6 Å². The minimum absolute atomic E-state index is 0. The monoisotopic (exact) mass is 462 g/mol. The van der Waals surface area contributed by atoms with Crippen LogP contribution in [-0.2, 0) is 6.54 Å². The molecule has 0 saturated carbocycles. The standard InChI is InChI=1S/C21H19ClN4O2S.ClH/c1-28-17-9-8-16(22)19-18(17)24-21(29-19)26(12-5-11-25-13-10-23-14-25)20(27)15-6-3-2-4-7-15;/h2-4,6-10,13-14H,5,11-12H2,1H3;1H. The fourth-order valence-electron chi connectivity index (χ4n) is 3.07. The van der Waals surface area contributed by atoms with Gasteiger partial charge in [-0.1, -0.05) is 41.1 Å². The smallest absolute Gasteiger partial charge is 0.260 e. The number of thiazole rings is 1. The molecule has 2 heterocycles. The van der Waals surface area contributed by atoms with Crippen LogP contribution in [0.5, 0.6) is 5.75 Å². The Morgan fingerprint density at radius 1 is 1.23 bits per heavy atom. The Kier molecular flexibility index (Phi) is 7.31. The summed E-state index contributed by atoms with van der Waals surface area (Å²) in [6.45, 7) is 1.28. The van der Waals surface area contributed by atoms with Gasteiger partial charge in [0, 0.05) is 31.0 Å². The summed E-state index contributed by atoms with van der Waals surface area (Å²) in [5, 5.41) is 1.20. The lowest BCUT2D eigenvalue weighted by atomic mass is 10.2. The molecule has 0 aliphatic rings. The molecule has 4 rings (SSSR count). The first-order valence-electron chi connectivity index (χ1n) is 9.13. The minimum Gasteiger partial charge on any atom is -0.494 e. The first-order valence-corrected chi connectivity index (χ1v) is 10.3. The number of imidazole rings is 1. The lowest BCUT2D eigenvalue weighted by Crippen LogP contribution is -2.32. The molecule has 156 valence electrons. The number of aryl methyl sites for hydroxylation is 1. The Bertz CT molecular complexity index is 1120. The maximum Gasteiger partial charge on any atom is 0.260 e. The highest BCUT2D eigenvalue weighted by atomic mass is 35.5. The number of halogens is 2. The number of carbonyl (C=O) groups is 1. The normalized spacial score (nSPS) is 10.6. The predicted octanol–water partition coefficient (Wildman–Crippen LogP) is 5.31. The van der Waals surface area contributed by atoms with E-state index < -0.39 is 0 Å². The van der Waals surface area contributed by atoms with E-state index in [1.165, 1.54) is 11.3 Å². The van der Waals surface area contributed by atoms with E-state index in [9.17, 15) is 4.79 Å². The van der Waals surface area contributed by atoms with Crippen LogP contribution in [0, 0.1) is 0 Å². The number of hydrogen-bond acceptors (Lipinski definition) is 5. The number of fused-ring (bicyclic) bond motifs is 1. The van der Waals surface area contributed by atoms with Crippen molar-refractivity contribution in [2.75, 3.05) is 18.6 Å². The molecule has 30 heavy (non-hydrogen) atoms. The van der Waals surface area contributed by atoms with E-state index in [0.717, 1.165) is 17.7 Å². The molecule has 0 aliphatic carbocycles. The highest BCUT2D eigenvalue weighted by molar-refractivity contribution is 7.23. The molecule has 0 spiro atoms. The van der Waals surface area contributed by atoms with Gasteiger partial charge in [-0.25, -0.2) is 9.97 Å². The van der Waals surface area contributed by atoms with Crippen molar-refractivity contribution < 1.29 is 9.53 Å². The van der Waals surface area contributed by atoms with Gasteiger partial charge in [0.25, 0.3) is 5.91 Å². The summed E-state index contributed by atoms with van der Waals surface area (Å²) >= 11 is 7.77. The Hall–Kier alpha value is -2.61. The number of anilines is 1. The number of hydrogen-bond donors (Lipinski definition) is 0. The molecule has 0 N–H and O–H groups in total. The summed E-state index contributed by atoms with van der Waals surface area (Å²) in [5.41, 5.74) is 1.29. The zero-order valence-electron chi connectivity index (χ0n) is 16.2. The van der Waals surface area contributed by atoms with Gasteiger partial charge in [0.2, 0.25) is 0 Å². The van der Waals surface area contributed by atoms with Crippen LogP contribution in [0.15, 0.2) is 61.2 Å². The fraction of sp³-hybridized carbons (Fsp3) is 0.190. The van der Waals surface area contributed by atoms with Gasteiger partial charge in [0.05, 0.1) is 23.2 Å². The van der Waals surface area contributed by atoms with E-state index in [1.807, 2.05) is 41.1 Å². The van der Waals surface area contributed by atoms with Crippen LogP contribution in [0.1, 0.15) is 16.8 Å². The van der Waals surface area contributed by atoms with E-state index >= 15 is 0 Å². The molecule has 0 saturated heterocycles. The van der Waals surface area contributed by atoms with Crippen molar-refractivity contribution in [3.63, 3.8) is 0 Å². The van der Waals surface area contributed by atoms with E-state index in [1.54, 1.807) is 36.7 Å². The van der Waals surface area contributed by atoms with Crippen LogP contribution in [-0.4, -0.2) is 34.1 Å². The van der Waals surface area contributed by atoms with Crippen molar-refractivity contribution in [3.8, 4) is 5.75 Å². The number of methoxy groups -OCH3 is 1. The van der Waals surface area contributed by atoms with Gasteiger partial charge in [0.1, 0.15) is 11.3 Å². The number of aromatic nitrogens is 3. The molecule has 0 atom stereocenters. The first-order chi connectivity index (χ1) is 14.2. The van der Waals surface area contributed by atoms with Crippen LogP contribution < -0.4 is 9.64 Å². The molecule has 2 aromatic carbocycles. The van der Waals surface area contributed by atoms with Crippen molar-refractivity contribution in [2.45, 2.75) is 13.0 Å². The molecular weight excluding hydrogens is 443 g/mol. The van der Waals surface area contributed by atoms with Crippen LogP contribution >= 0.6 is 35.3 Å². The zero-order valence-corrected chi connectivity index (χ0v) is 18.6. The fourth-order valence-corrected chi connectivity index (χ4v) is 4.35. The van der Waals surface area contributed by atoms with Gasteiger partial charge in [-0.15, -0.1) is 12.4 Å². The number of ether oxygens (including phenoxy) is 1. The summed E-state index contributed by atoms with van der Waals surface area (Å²) in [7, 11) is 1.60. The predicted molar refractivity (Wildman–Crippen MR) is 123 cm³/mol. The molecule has 9 heteroatoms. The van der Waals surface area contributed by atoms with E-state index in [2.05, 4.69) is 4.98 Å². The van der Waals surface area contributed by atoms with Crippen LogP contribution in [0.25, 0.3) is 10.2 Å². The molecule has 0 radical (unpaired) electrons. The molecule has 6 nitrogen and oxygen atoms in total. The van der Waals surface area contributed by atoms with E-state index in [0.29, 0.717) is 33.5 Å². The highest BCUT2D eigenvalue weighted by Gasteiger charge is 2.22. The summed E-state index contributed by atoms with van der Waals surface area (Å²) in [6.07, 6.45) is 6.18. The van der Waals surface area contributed by atoms with Crippen molar-refractivity contribution in [1.82, 2.24) is 14.5 Å². The molecule has 0 unspecified atom stereocenters. The van der Waals surface area contributed by atoms with Crippen molar-refractivity contribution in [3.05, 3.63) is 71.8 Å². The van der Waals surface area contributed by atoms with Gasteiger partial charge in [-0.2, -0.15) is 0 Å². The second-order valence-electron chi connectivity index (χ2n) is 6.40. The maximum absolute atomic E-state index is 13.3. The summed E-state index contributed by atoms with van der Waals surface area (Å²) in [4.78, 5) is 23.7. The molecule has 4 aromatic rings. The van der Waals surface area contributed by atoms with Gasteiger partial charge in [-0.3, -0.25) is 9.69 Å². The Morgan fingerprint density at radius 3 is 2.73 bits per heavy atom. The number of rotatable bonds is 7. The Morgan fingerprint density at radius 2 is 2.03 bits per heavy atom. The third-order valence-corrected chi connectivity index (χ3v) is 6.06. The quantitative estimate of drug-likeness (QED) is 0.373. The van der Waals surface area contributed by atoms with Gasteiger partial charge in [0.15, 0.2) is 5.13 Å².